The first-order valence-corrected chi connectivity index (χ1v) is 7.96. The number of rotatable bonds is 6. The Kier molecular flexibility index (Phi) is 5.09. The average Bonchev–Trinajstić information content (AvgIpc) is 2.76. The van der Waals surface area contributed by atoms with Crippen LogP contribution in [-0.4, -0.2) is 4.83 Å². The molecule has 0 spiro atoms. The van der Waals surface area contributed by atoms with E-state index in [2.05, 4.69) is 41.1 Å². The van der Waals surface area contributed by atoms with Crippen LogP contribution in [0.3, 0.4) is 0 Å². The lowest BCUT2D eigenvalue weighted by Gasteiger charge is -2.09. The lowest BCUT2D eigenvalue weighted by molar-refractivity contribution is 0.655. The van der Waals surface area contributed by atoms with Crippen molar-refractivity contribution in [3.05, 3.63) is 34.9 Å². The number of aryl methyl sites for hydroxylation is 3. The van der Waals surface area contributed by atoms with Gasteiger partial charge in [0.15, 0.2) is 0 Å². The van der Waals surface area contributed by atoms with Crippen molar-refractivity contribution in [2.45, 2.75) is 63.1 Å². The molecule has 0 saturated heterocycles. The van der Waals surface area contributed by atoms with Crippen molar-refractivity contribution < 1.29 is 0 Å². The van der Waals surface area contributed by atoms with Crippen LogP contribution in [0.1, 0.15) is 55.7 Å². The smallest absolute Gasteiger partial charge is 0.0145 e. The van der Waals surface area contributed by atoms with Gasteiger partial charge >= 0.3 is 0 Å². The largest absolute Gasteiger partial charge is 0.0891 e. The molecule has 1 aliphatic rings. The summed E-state index contributed by atoms with van der Waals surface area (Å²) < 4.78 is 0. The first-order chi connectivity index (χ1) is 8.29. The van der Waals surface area contributed by atoms with Crippen molar-refractivity contribution in [1.29, 1.82) is 0 Å². The van der Waals surface area contributed by atoms with Crippen molar-refractivity contribution >= 4 is 15.9 Å². The highest BCUT2D eigenvalue weighted by atomic mass is 79.9. The van der Waals surface area contributed by atoms with Gasteiger partial charge < -0.3 is 0 Å². The van der Waals surface area contributed by atoms with Gasteiger partial charge in [0, 0.05) is 4.83 Å². The van der Waals surface area contributed by atoms with Crippen LogP contribution in [-0.2, 0) is 19.3 Å². The maximum Gasteiger partial charge on any atom is 0.0145 e. The Bertz CT molecular complexity index is 357. The zero-order valence-electron chi connectivity index (χ0n) is 10.8. The summed E-state index contributed by atoms with van der Waals surface area (Å²) in [4.78, 5) is 0.724. The fraction of sp³-hybridized carbons (Fsp3) is 0.625. The van der Waals surface area contributed by atoms with E-state index in [9.17, 15) is 0 Å². The summed E-state index contributed by atoms with van der Waals surface area (Å²) in [6, 6.07) is 7.15. The van der Waals surface area contributed by atoms with Crippen molar-refractivity contribution in [2.75, 3.05) is 0 Å². The molecular formula is C16H23Br. The fourth-order valence-electron chi connectivity index (χ4n) is 2.77. The zero-order valence-corrected chi connectivity index (χ0v) is 12.4. The molecule has 1 unspecified atom stereocenters. The quantitative estimate of drug-likeness (QED) is 0.643. The van der Waals surface area contributed by atoms with Gasteiger partial charge in [-0.25, -0.2) is 0 Å². The minimum atomic E-state index is 0.724. The van der Waals surface area contributed by atoms with Crippen molar-refractivity contribution in [3.8, 4) is 0 Å². The fourth-order valence-corrected chi connectivity index (χ4v) is 3.55. The van der Waals surface area contributed by atoms with Crippen LogP contribution in [0.2, 0.25) is 0 Å². The van der Waals surface area contributed by atoms with Gasteiger partial charge in [0.05, 0.1) is 0 Å². The maximum atomic E-state index is 3.76. The lowest BCUT2D eigenvalue weighted by atomic mass is 10.0. The predicted octanol–water partition coefficient (Wildman–Crippen LogP) is 5.06. The number of alkyl halides is 1. The molecule has 0 fully saturated rings. The number of hydrogen-bond acceptors (Lipinski definition) is 0. The first-order valence-electron chi connectivity index (χ1n) is 7.04. The van der Waals surface area contributed by atoms with E-state index in [4.69, 9.17) is 0 Å². The molecule has 0 aromatic heterocycles. The van der Waals surface area contributed by atoms with Crippen LogP contribution in [0, 0.1) is 0 Å². The standard InChI is InChI=1S/C16H23Br/c1-2-5-16(17)9-3-6-13-10-11-14-7-4-8-15(14)12-13/h10-12,16H,2-9H2,1H3. The Morgan fingerprint density at radius 1 is 1.18 bits per heavy atom. The van der Waals surface area contributed by atoms with Gasteiger partial charge in [-0.05, 0) is 61.6 Å². The van der Waals surface area contributed by atoms with Crippen LogP contribution in [0.15, 0.2) is 18.2 Å². The molecule has 94 valence electrons. The monoisotopic (exact) mass is 294 g/mol. The Labute approximate surface area is 114 Å². The van der Waals surface area contributed by atoms with E-state index in [1.165, 1.54) is 51.4 Å². The molecule has 1 atom stereocenters. The summed E-state index contributed by atoms with van der Waals surface area (Å²) in [6.07, 6.45) is 10.4. The van der Waals surface area contributed by atoms with Crippen molar-refractivity contribution in [1.82, 2.24) is 0 Å². The summed E-state index contributed by atoms with van der Waals surface area (Å²) in [5, 5.41) is 0. The Morgan fingerprint density at radius 2 is 2.00 bits per heavy atom. The second kappa shape index (κ2) is 6.58. The molecule has 1 aromatic rings. The minimum absolute atomic E-state index is 0.724. The highest BCUT2D eigenvalue weighted by Crippen LogP contribution is 2.24. The van der Waals surface area contributed by atoms with Gasteiger partial charge in [0.1, 0.15) is 0 Å². The van der Waals surface area contributed by atoms with E-state index in [0.29, 0.717) is 0 Å². The molecule has 0 nitrogen and oxygen atoms in total. The van der Waals surface area contributed by atoms with E-state index in [1.54, 1.807) is 16.7 Å². The Hall–Kier alpha value is -0.300. The number of hydrogen-bond donors (Lipinski definition) is 0. The van der Waals surface area contributed by atoms with Gasteiger partial charge in [-0.15, -0.1) is 0 Å². The molecule has 0 aliphatic heterocycles. The summed E-state index contributed by atoms with van der Waals surface area (Å²) in [5.74, 6) is 0. The molecule has 1 aliphatic carbocycles. The first kappa shape index (κ1) is 13.1. The van der Waals surface area contributed by atoms with Gasteiger partial charge in [0.25, 0.3) is 0 Å². The lowest BCUT2D eigenvalue weighted by Crippen LogP contribution is -1.98. The molecule has 0 N–H and O–H groups in total. The molecule has 0 amide bonds. The molecule has 17 heavy (non-hydrogen) atoms. The topological polar surface area (TPSA) is 0 Å². The normalized spacial score (nSPS) is 15.9. The summed E-state index contributed by atoms with van der Waals surface area (Å²) in [6.45, 7) is 2.26. The third kappa shape index (κ3) is 3.84. The molecule has 1 heteroatoms. The third-order valence-corrected chi connectivity index (χ3v) is 4.66. The molecule has 0 saturated carbocycles. The number of halogens is 1. The molecular weight excluding hydrogens is 272 g/mol. The van der Waals surface area contributed by atoms with E-state index >= 15 is 0 Å². The second-order valence-corrected chi connectivity index (χ2v) is 6.53. The SMILES string of the molecule is CCCC(Br)CCCc1ccc2c(c1)CCC2. The van der Waals surface area contributed by atoms with E-state index in [1.807, 2.05) is 0 Å². The second-order valence-electron chi connectivity index (χ2n) is 5.23. The van der Waals surface area contributed by atoms with Gasteiger partial charge in [-0.2, -0.15) is 0 Å². The number of benzene rings is 1. The highest BCUT2D eigenvalue weighted by molar-refractivity contribution is 9.09. The zero-order chi connectivity index (χ0) is 12.1. The summed E-state index contributed by atoms with van der Waals surface area (Å²) in [7, 11) is 0. The molecule has 0 bridgehead atoms. The summed E-state index contributed by atoms with van der Waals surface area (Å²) >= 11 is 3.76. The van der Waals surface area contributed by atoms with Crippen LogP contribution >= 0.6 is 15.9 Å². The van der Waals surface area contributed by atoms with Gasteiger partial charge in [-0.3, -0.25) is 0 Å². The molecule has 0 radical (unpaired) electrons. The molecule has 0 heterocycles. The van der Waals surface area contributed by atoms with Crippen molar-refractivity contribution in [2.24, 2.45) is 0 Å². The Morgan fingerprint density at radius 3 is 2.82 bits per heavy atom. The maximum absolute atomic E-state index is 3.76. The van der Waals surface area contributed by atoms with Crippen molar-refractivity contribution in [3.63, 3.8) is 0 Å². The van der Waals surface area contributed by atoms with Crippen LogP contribution in [0.25, 0.3) is 0 Å². The highest BCUT2D eigenvalue weighted by Gasteiger charge is 2.10. The van der Waals surface area contributed by atoms with E-state index in [-0.39, 0.29) is 0 Å². The van der Waals surface area contributed by atoms with Crippen LogP contribution < -0.4 is 0 Å². The van der Waals surface area contributed by atoms with E-state index in [0.717, 1.165) is 4.83 Å². The molecule has 1 aromatic carbocycles. The minimum Gasteiger partial charge on any atom is -0.0891 e. The van der Waals surface area contributed by atoms with Gasteiger partial charge in [0.2, 0.25) is 0 Å². The van der Waals surface area contributed by atoms with E-state index < -0.39 is 0 Å². The average molecular weight is 295 g/mol. The number of fused-ring (bicyclic) bond motifs is 1. The predicted molar refractivity (Wildman–Crippen MR) is 79.0 cm³/mol. The van der Waals surface area contributed by atoms with Gasteiger partial charge in [-0.1, -0.05) is 47.5 Å². The van der Waals surface area contributed by atoms with Crippen LogP contribution in [0.5, 0.6) is 0 Å². The summed E-state index contributed by atoms with van der Waals surface area (Å²) in [5.41, 5.74) is 4.76. The molecule has 2 rings (SSSR count). The third-order valence-electron chi connectivity index (χ3n) is 3.75. The van der Waals surface area contributed by atoms with Crippen LogP contribution in [0.4, 0.5) is 0 Å². The Balaban J connectivity index is 1.79.